The maximum Gasteiger partial charge on any atom is 0.253 e. The number of carbonyl (C=O) groups is 1. The number of ether oxygens (including phenoxy) is 1. The van der Waals surface area contributed by atoms with Crippen LogP contribution in [0, 0.1) is 0 Å². The van der Waals surface area contributed by atoms with Crippen LogP contribution in [0.15, 0.2) is 48.5 Å². The van der Waals surface area contributed by atoms with E-state index >= 15 is 0 Å². The molecule has 1 N–H and O–H groups in total. The fraction of sp³-hybridized carbons (Fsp3) is 0.381. The lowest BCUT2D eigenvalue weighted by Crippen LogP contribution is -2.48. The van der Waals surface area contributed by atoms with Gasteiger partial charge in [-0.15, -0.1) is 0 Å². The molecule has 3 rings (SSSR count). The van der Waals surface area contributed by atoms with E-state index in [-0.39, 0.29) is 5.91 Å². The summed E-state index contributed by atoms with van der Waals surface area (Å²) in [4.78, 5) is 16.9. The van der Waals surface area contributed by atoms with Crippen molar-refractivity contribution in [1.82, 2.24) is 9.62 Å². The van der Waals surface area contributed by atoms with E-state index in [4.69, 9.17) is 4.74 Å². The SMILES string of the molecule is COc1cccc(N2CCN(C(=O)c3ccc(CCNS(C)(=O)=O)cc3)CC2)c1. The molecule has 0 bridgehead atoms. The average Bonchev–Trinajstić information content (AvgIpc) is 2.73. The van der Waals surface area contributed by atoms with Gasteiger partial charge >= 0.3 is 0 Å². The van der Waals surface area contributed by atoms with E-state index in [0.29, 0.717) is 31.6 Å². The van der Waals surface area contributed by atoms with Crippen LogP contribution in [0.3, 0.4) is 0 Å². The number of nitrogens with one attached hydrogen (secondary N) is 1. The van der Waals surface area contributed by atoms with Gasteiger partial charge in [0.15, 0.2) is 0 Å². The van der Waals surface area contributed by atoms with Crippen molar-refractivity contribution >= 4 is 21.6 Å². The second-order valence-corrected chi connectivity index (χ2v) is 8.93. The molecule has 0 aromatic heterocycles. The predicted molar refractivity (Wildman–Crippen MR) is 114 cm³/mol. The third-order valence-electron chi connectivity index (χ3n) is 4.96. The summed E-state index contributed by atoms with van der Waals surface area (Å²) in [6, 6.07) is 15.3. The molecule has 2 aromatic carbocycles. The minimum Gasteiger partial charge on any atom is -0.497 e. The van der Waals surface area contributed by atoms with Gasteiger partial charge in [-0.25, -0.2) is 13.1 Å². The maximum absolute atomic E-state index is 12.8. The summed E-state index contributed by atoms with van der Waals surface area (Å²) in [5.74, 6) is 0.851. The van der Waals surface area contributed by atoms with Gasteiger partial charge in [-0.1, -0.05) is 18.2 Å². The molecule has 156 valence electrons. The van der Waals surface area contributed by atoms with Crippen LogP contribution in [0.1, 0.15) is 15.9 Å². The number of sulfonamides is 1. The number of piperazine rings is 1. The average molecular weight is 418 g/mol. The summed E-state index contributed by atoms with van der Waals surface area (Å²) in [6.07, 6.45) is 1.73. The molecule has 0 radical (unpaired) electrons. The second-order valence-electron chi connectivity index (χ2n) is 7.09. The Morgan fingerprint density at radius 2 is 1.76 bits per heavy atom. The molecule has 0 spiro atoms. The zero-order chi connectivity index (χ0) is 20.9. The van der Waals surface area contributed by atoms with E-state index in [1.807, 2.05) is 47.4 Å². The first kappa shape index (κ1) is 21.1. The molecule has 0 saturated carbocycles. The lowest BCUT2D eigenvalue weighted by atomic mass is 10.1. The first-order valence-corrected chi connectivity index (χ1v) is 11.5. The van der Waals surface area contributed by atoms with Crippen LogP contribution in [0.25, 0.3) is 0 Å². The first-order chi connectivity index (χ1) is 13.9. The number of hydrogen-bond donors (Lipinski definition) is 1. The van der Waals surface area contributed by atoms with Gasteiger partial charge in [-0.05, 0) is 36.2 Å². The molecule has 7 nitrogen and oxygen atoms in total. The Kier molecular flexibility index (Phi) is 6.76. The van der Waals surface area contributed by atoms with E-state index in [9.17, 15) is 13.2 Å². The Bertz CT molecular complexity index is 937. The highest BCUT2D eigenvalue weighted by Gasteiger charge is 2.22. The summed E-state index contributed by atoms with van der Waals surface area (Å²) in [5, 5.41) is 0. The van der Waals surface area contributed by atoms with Gasteiger partial charge in [0.2, 0.25) is 10.0 Å². The van der Waals surface area contributed by atoms with Crippen molar-refractivity contribution in [3.8, 4) is 5.75 Å². The molecule has 1 fully saturated rings. The fourth-order valence-corrected chi connectivity index (χ4v) is 3.83. The molecule has 29 heavy (non-hydrogen) atoms. The Hall–Kier alpha value is -2.58. The summed E-state index contributed by atoms with van der Waals surface area (Å²) >= 11 is 0. The van der Waals surface area contributed by atoms with Gasteiger partial charge < -0.3 is 14.5 Å². The highest BCUT2D eigenvalue weighted by molar-refractivity contribution is 7.88. The number of hydrogen-bond acceptors (Lipinski definition) is 5. The molecule has 2 aromatic rings. The second kappa shape index (κ2) is 9.28. The number of benzene rings is 2. The topological polar surface area (TPSA) is 79.0 Å². The van der Waals surface area contributed by atoms with Gasteiger partial charge in [0, 0.05) is 50.0 Å². The number of rotatable bonds is 7. The molecule has 1 saturated heterocycles. The molecule has 0 unspecified atom stereocenters. The summed E-state index contributed by atoms with van der Waals surface area (Å²) in [5.41, 5.74) is 2.74. The molecule has 0 aliphatic carbocycles. The van der Waals surface area contributed by atoms with Crippen LogP contribution in [-0.4, -0.2) is 65.3 Å². The van der Waals surface area contributed by atoms with Crippen LogP contribution >= 0.6 is 0 Å². The highest BCUT2D eigenvalue weighted by Crippen LogP contribution is 2.22. The normalized spacial score (nSPS) is 14.7. The Labute approximate surface area is 172 Å². The Morgan fingerprint density at radius 1 is 1.07 bits per heavy atom. The van der Waals surface area contributed by atoms with Crippen molar-refractivity contribution in [2.45, 2.75) is 6.42 Å². The Balaban J connectivity index is 1.53. The van der Waals surface area contributed by atoms with E-state index in [1.165, 1.54) is 0 Å². The minimum absolute atomic E-state index is 0.0242. The van der Waals surface area contributed by atoms with Gasteiger partial charge in [0.05, 0.1) is 13.4 Å². The van der Waals surface area contributed by atoms with E-state index in [0.717, 1.165) is 36.3 Å². The van der Waals surface area contributed by atoms with Crippen LogP contribution in [0.4, 0.5) is 5.69 Å². The molecule has 1 aliphatic heterocycles. The third kappa shape index (κ3) is 5.95. The van der Waals surface area contributed by atoms with Crippen LogP contribution < -0.4 is 14.4 Å². The molecular weight excluding hydrogens is 390 g/mol. The number of methoxy groups -OCH3 is 1. The van der Waals surface area contributed by atoms with Crippen molar-refractivity contribution in [2.75, 3.05) is 51.0 Å². The first-order valence-electron chi connectivity index (χ1n) is 9.57. The smallest absolute Gasteiger partial charge is 0.253 e. The molecular formula is C21H27N3O4S. The van der Waals surface area contributed by atoms with Crippen LogP contribution in [0.2, 0.25) is 0 Å². The van der Waals surface area contributed by atoms with Crippen LogP contribution in [-0.2, 0) is 16.4 Å². The van der Waals surface area contributed by atoms with E-state index in [2.05, 4.69) is 15.7 Å². The van der Waals surface area contributed by atoms with Crippen molar-refractivity contribution in [3.63, 3.8) is 0 Å². The van der Waals surface area contributed by atoms with Crippen molar-refractivity contribution in [3.05, 3.63) is 59.7 Å². The third-order valence-corrected chi connectivity index (χ3v) is 5.69. The van der Waals surface area contributed by atoms with Gasteiger partial charge in [-0.3, -0.25) is 4.79 Å². The molecule has 1 amide bonds. The van der Waals surface area contributed by atoms with Crippen LogP contribution in [0.5, 0.6) is 5.75 Å². The molecule has 8 heteroatoms. The predicted octanol–water partition coefficient (Wildman–Crippen LogP) is 1.75. The summed E-state index contributed by atoms with van der Waals surface area (Å²) in [6.45, 7) is 3.22. The van der Waals surface area contributed by atoms with E-state index in [1.54, 1.807) is 7.11 Å². The number of anilines is 1. The Morgan fingerprint density at radius 3 is 2.38 bits per heavy atom. The fourth-order valence-electron chi connectivity index (χ4n) is 3.35. The lowest BCUT2D eigenvalue weighted by molar-refractivity contribution is 0.0746. The minimum atomic E-state index is -3.18. The number of amides is 1. The van der Waals surface area contributed by atoms with Crippen molar-refractivity contribution in [1.29, 1.82) is 0 Å². The zero-order valence-corrected chi connectivity index (χ0v) is 17.6. The highest BCUT2D eigenvalue weighted by atomic mass is 32.2. The monoisotopic (exact) mass is 417 g/mol. The summed E-state index contributed by atoms with van der Waals surface area (Å²) in [7, 11) is -1.52. The van der Waals surface area contributed by atoms with Crippen molar-refractivity contribution < 1.29 is 17.9 Å². The molecule has 1 heterocycles. The number of nitrogens with zero attached hydrogens (tertiary/aromatic N) is 2. The van der Waals surface area contributed by atoms with Gasteiger partial charge in [0.25, 0.3) is 5.91 Å². The largest absolute Gasteiger partial charge is 0.497 e. The molecule has 1 aliphatic rings. The van der Waals surface area contributed by atoms with Gasteiger partial charge in [-0.2, -0.15) is 0 Å². The molecule has 0 atom stereocenters. The van der Waals surface area contributed by atoms with Crippen molar-refractivity contribution in [2.24, 2.45) is 0 Å². The maximum atomic E-state index is 12.8. The zero-order valence-electron chi connectivity index (χ0n) is 16.8. The lowest BCUT2D eigenvalue weighted by Gasteiger charge is -2.36. The summed E-state index contributed by atoms with van der Waals surface area (Å²) < 4.78 is 30.0. The van der Waals surface area contributed by atoms with E-state index < -0.39 is 10.0 Å². The number of carbonyl (C=O) groups excluding carboxylic acids is 1. The van der Waals surface area contributed by atoms with Gasteiger partial charge in [0.1, 0.15) is 5.75 Å². The quantitative estimate of drug-likeness (QED) is 0.743. The standard InChI is InChI=1S/C21H27N3O4S/c1-28-20-5-3-4-19(16-20)23-12-14-24(15-13-23)21(25)18-8-6-17(7-9-18)10-11-22-29(2,26)27/h3-9,16,22H,10-15H2,1-2H3.